The molecule has 2 rings (SSSR count). The summed E-state index contributed by atoms with van der Waals surface area (Å²) >= 11 is 1.07. The minimum absolute atomic E-state index is 0.0695. The van der Waals surface area contributed by atoms with Crippen molar-refractivity contribution in [3.63, 3.8) is 0 Å². The molecule has 4 N–H and O–H groups in total. The Kier molecular flexibility index (Phi) is 8.53. The van der Waals surface area contributed by atoms with Crippen LogP contribution in [0.2, 0.25) is 0 Å². The van der Waals surface area contributed by atoms with Crippen LogP contribution in [0.25, 0.3) is 0 Å². The molecule has 1 fully saturated rings. The van der Waals surface area contributed by atoms with Crippen molar-refractivity contribution in [2.24, 2.45) is 5.73 Å². The first-order valence-corrected chi connectivity index (χ1v) is 10.2. The standard InChI is InChI=1S/C18H26N4O4S/c19-18(24)13-7-8-16(15(11-13)22(25)26)27-12-17(23)21-10-9-20-14-5-3-1-2-4-6-14/h7-8,11,14,20H,1-6,9-10,12H2,(H2,19,24)(H,21,23). The monoisotopic (exact) mass is 394 g/mol. The van der Waals surface area contributed by atoms with Gasteiger partial charge in [0.05, 0.1) is 15.6 Å². The average Bonchev–Trinajstić information content (AvgIpc) is 2.92. The van der Waals surface area contributed by atoms with Crippen molar-refractivity contribution in [2.75, 3.05) is 18.8 Å². The van der Waals surface area contributed by atoms with Crippen molar-refractivity contribution in [1.29, 1.82) is 0 Å². The molecule has 8 nitrogen and oxygen atoms in total. The molecule has 0 aromatic heterocycles. The maximum Gasteiger partial charge on any atom is 0.283 e. The summed E-state index contributed by atoms with van der Waals surface area (Å²) in [7, 11) is 0. The van der Waals surface area contributed by atoms with Gasteiger partial charge in [0.2, 0.25) is 11.8 Å². The molecule has 9 heteroatoms. The van der Waals surface area contributed by atoms with E-state index < -0.39 is 10.8 Å². The molecule has 1 aliphatic carbocycles. The van der Waals surface area contributed by atoms with Crippen molar-refractivity contribution in [3.05, 3.63) is 33.9 Å². The van der Waals surface area contributed by atoms with Gasteiger partial charge in [0.1, 0.15) is 0 Å². The van der Waals surface area contributed by atoms with E-state index >= 15 is 0 Å². The average molecular weight is 394 g/mol. The molecule has 0 atom stereocenters. The van der Waals surface area contributed by atoms with Crippen LogP contribution in [0.4, 0.5) is 5.69 Å². The van der Waals surface area contributed by atoms with E-state index in [1.165, 1.54) is 50.7 Å². The van der Waals surface area contributed by atoms with Gasteiger partial charge in [-0.15, -0.1) is 11.8 Å². The quantitative estimate of drug-likeness (QED) is 0.194. The third kappa shape index (κ3) is 7.18. The minimum Gasteiger partial charge on any atom is -0.366 e. The fourth-order valence-electron chi connectivity index (χ4n) is 3.09. The van der Waals surface area contributed by atoms with Crippen molar-refractivity contribution in [3.8, 4) is 0 Å². The van der Waals surface area contributed by atoms with Crippen LogP contribution in [0.15, 0.2) is 23.1 Å². The lowest BCUT2D eigenvalue weighted by Gasteiger charge is -2.16. The third-order valence-corrected chi connectivity index (χ3v) is 5.60. The van der Waals surface area contributed by atoms with E-state index in [9.17, 15) is 19.7 Å². The zero-order chi connectivity index (χ0) is 19.6. The normalized spacial score (nSPS) is 15.1. The molecular formula is C18H26N4O4S. The van der Waals surface area contributed by atoms with Crippen molar-refractivity contribution < 1.29 is 14.5 Å². The number of nitrogens with two attached hydrogens (primary N) is 1. The fraction of sp³-hybridized carbons (Fsp3) is 0.556. The van der Waals surface area contributed by atoms with E-state index in [2.05, 4.69) is 10.6 Å². The molecule has 1 saturated carbocycles. The number of primary amides is 1. The van der Waals surface area contributed by atoms with Crippen molar-refractivity contribution in [1.82, 2.24) is 10.6 Å². The molecule has 2 amide bonds. The largest absolute Gasteiger partial charge is 0.366 e. The maximum absolute atomic E-state index is 12.0. The second-order valence-electron chi connectivity index (χ2n) is 6.59. The molecule has 0 spiro atoms. The van der Waals surface area contributed by atoms with Gasteiger partial charge < -0.3 is 16.4 Å². The highest BCUT2D eigenvalue weighted by molar-refractivity contribution is 8.00. The Labute approximate surface area is 162 Å². The number of hydrogen-bond acceptors (Lipinski definition) is 6. The van der Waals surface area contributed by atoms with Crippen LogP contribution in [0.3, 0.4) is 0 Å². The molecule has 1 aliphatic rings. The van der Waals surface area contributed by atoms with E-state index in [1.807, 2.05) is 0 Å². The Bertz CT molecular complexity index is 675. The Morgan fingerprint density at radius 3 is 2.52 bits per heavy atom. The summed E-state index contributed by atoms with van der Waals surface area (Å²) in [6.45, 7) is 1.24. The number of carbonyl (C=O) groups is 2. The first kappa shape index (κ1) is 21.2. The predicted octanol–water partition coefficient (Wildman–Crippen LogP) is 2.21. The SMILES string of the molecule is NC(=O)c1ccc(SCC(=O)NCCNC2CCCCCC2)c([N+](=O)[O-])c1. The number of nitro groups is 1. The molecule has 0 bridgehead atoms. The minimum atomic E-state index is -0.728. The van der Waals surface area contributed by atoms with E-state index in [0.717, 1.165) is 17.8 Å². The number of nitro benzene ring substituents is 1. The summed E-state index contributed by atoms with van der Waals surface area (Å²) in [4.78, 5) is 34.0. The van der Waals surface area contributed by atoms with Crippen molar-refractivity contribution in [2.45, 2.75) is 49.5 Å². The maximum atomic E-state index is 12.0. The molecule has 0 radical (unpaired) electrons. The zero-order valence-corrected chi connectivity index (χ0v) is 16.1. The summed E-state index contributed by atoms with van der Waals surface area (Å²) in [5.74, 6) is -0.843. The Balaban J connectivity index is 1.74. The lowest BCUT2D eigenvalue weighted by Crippen LogP contribution is -2.37. The number of amides is 2. The summed E-state index contributed by atoms with van der Waals surface area (Å²) in [6.07, 6.45) is 7.50. The van der Waals surface area contributed by atoms with Crippen LogP contribution in [0.1, 0.15) is 48.9 Å². The number of nitrogens with zero attached hydrogens (tertiary/aromatic N) is 1. The number of benzene rings is 1. The highest BCUT2D eigenvalue weighted by Crippen LogP contribution is 2.29. The van der Waals surface area contributed by atoms with E-state index in [0.29, 0.717) is 24.0 Å². The van der Waals surface area contributed by atoms with Gasteiger partial charge in [-0.25, -0.2) is 0 Å². The van der Waals surface area contributed by atoms with Crippen LogP contribution in [0, 0.1) is 10.1 Å². The Morgan fingerprint density at radius 2 is 1.89 bits per heavy atom. The van der Waals surface area contributed by atoms with Gasteiger partial charge in [-0.2, -0.15) is 0 Å². The summed E-state index contributed by atoms with van der Waals surface area (Å²) in [5, 5.41) is 17.5. The molecule has 0 unspecified atom stereocenters. The van der Waals surface area contributed by atoms with Gasteiger partial charge in [0.15, 0.2) is 0 Å². The highest BCUT2D eigenvalue weighted by Gasteiger charge is 2.18. The van der Waals surface area contributed by atoms with E-state index in [-0.39, 0.29) is 22.9 Å². The molecule has 0 heterocycles. The van der Waals surface area contributed by atoms with Crippen LogP contribution in [0.5, 0.6) is 0 Å². The van der Waals surface area contributed by atoms with E-state index in [1.54, 1.807) is 0 Å². The molecule has 1 aromatic carbocycles. The number of nitrogens with one attached hydrogen (secondary N) is 2. The smallest absolute Gasteiger partial charge is 0.283 e. The Morgan fingerprint density at radius 1 is 1.19 bits per heavy atom. The summed E-state index contributed by atoms with van der Waals surface area (Å²) in [5.41, 5.74) is 4.99. The van der Waals surface area contributed by atoms with Gasteiger partial charge >= 0.3 is 0 Å². The topological polar surface area (TPSA) is 127 Å². The van der Waals surface area contributed by atoms with Crippen LogP contribution in [-0.4, -0.2) is 41.6 Å². The lowest BCUT2D eigenvalue weighted by atomic mass is 10.1. The van der Waals surface area contributed by atoms with Crippen LogP contribution in [-0.2, 0) is 4.79 Å². The number of carbonyl (C=O) groups excluding carboxylic acids is 2. The molecular weight excluding hydrogens is 368 g/mol. The number of rotatable bonds is 9. The highest BCUT2D eigenvalue weighted by atomic mass is 32.2. The first-order valence-electron chi connectivity index (χ1n) is 9.18. The first-order chi connectivity index (χ1) is 13.0. The lowest BCUT2D eigenvalue weighted by molar-refractivity contribution is -0.387. The van der Waals surface area contributed by atoms with Crippen LogP contribution >= 0.6 is 11.8 Å². The molecule has 1 aromatic rings. The Hall–Kier alpha value is -2.13. The predicted molar refractivity (Wildman–Crippen MR) is 105 cm³/mol. The van der Waals surface area contributed by atoms with Gasteiger partial charge in [-0.3, -0.25) is 19.7 Å². The van der Waals surface area contributed by atoms with Gasteiger partial charge in [-0.05, 0) is 25.0 Å². The molecule has 0 aliphatic heterocycles. The summed E-state index contributed by atoms with van der Waals surface area (Å²) in [6, 6.07) is 4.54. The molecule has 27 heavy (non-hydrogen) atoms. The van der Waals surface area contributed by atoms with Gasteiger partial charge in [0, 0.05) is 30.8 Å². The summed E-state index contributed by atoms with van der Waals surface area (Å²) < 4.78 is 0. The molecule has 148 valence electrons. The number of thioether (sulfide) groups is 1. The third-order valence-electron chi connectivity index (χ3n) is 4.53. The van der Waals surface area contributed by atoms with Gasteiger partial charge in [-0.1, -0.05) is 25.7 Å². The fourth-order valence-corrected chi connectivity index (χ4v) is 3.93. The second-order valence-corrected chi connectivity index (χ2v) is 7.60. The number of hydrogen-bond donors (Lipinski definition) is 3. The molecule has 0 saturated heterocycles. The van der Waals surface area contributed by atoms with Gasteiger partial charge in [0.25, 0.3) is 5.69 Å². The van der Waals surface area contributed by atoms with E-state index in [4.69, 9.17) is 5.73 Å². The van der Waals surface area contributed by atoms with Crippen molar-refractivity contribution >= 4 is 29.3 Å². The zero-order valence-electron chi connectivity index (χ0n) is 15.2. The second kappa shape index (κ2) is 10.9. The van der Waals surface area contributed by atoms with Crippen LogP contribution < -0.4 is 16.4 Å².